The summed E-state index contributed by atoms with van der Waals surface area (Å²) in [4.78, 5) is 14.6. The van der Waals surface area contributed by atoms with Crippen LogP contribution < -0.4 is 0 Å². The molecule has 2 aromatic rings. The van der Waals surface area contributed by atoms with Gasteiger partial charge in [0.1, 0.15) is 0 Å². The quantitative estimate of drug-likeness (QED) is 0.744. The van der Waals surface area contributed by atoms with Crippen molar-refractivity contribution in [3.8, 4) is 0 Å². The Morgan fingerprint density at radius 1 is 0.964 bits per heavy atom. The summed E-state index contributed by atoms with van der Waals surface area (Å²) in [5.74, 6) is -0.203. The van der Waals surface area contributed by atoms with E-state index in [4.69, 9.17) is 4.74 Å². The molecule has 1 saturated heterocycles. The maximum Gasteiger partial charge on any atom is 0.243 e. The second-order valence-corrected chi connectivity index (χ2v) is 9.00. The molecule has 6 nitrogen and oxygen atoms in total. The first kappa shape index (κ1) is 20.5. The molecule has 1 aliphatic heterocycles. The van der Waals surface area contributed by atoms with Crippen LogP contribution in [-0.2, 0) is 26.1 Å². The van der Waals surface area contributed by atoms with Gasteiger partial charge in [0.2, 0.25) is 15.9 Å². The highest BCUT2D eigenvalue weighted by molar-refractivity contribution is 7.89. The molecule has 1 aliphatic rings. The number of benzene rings is 2. The first-order valence-corrected chi connectivity index (χ1v) is 10.8. The average molecular weight is 403 g/mol. The largest absolute Gasteiger partial charge is 0.378 e. The van der Waals surface area contributed by atoms with Crippen molar-refractivity contribution in [3.05, 3.63) is 65.2 Å². The van der Waals surface area contributed by atoms with Crippen LogP contribution in [0.3, 0.4) is 0 Å². The van der Waals surface area contributed by atoms with Gasteiger partial charge in [0.15, 0.2) is 0 Å². The fourth-order valence-corrected chi connectivity index (χ4v) is 4.42. The van der Waals surface area contributed by atoms with Crippen LogP contribution in [0.25, 0.3) is 0 Å². The van der Waals surface area contributed by atoms with E-state index in [-0.39, 0.29) is 23.9 Å². The molecule has 1 fully saturated rings. The lowest BCUT2D eigenvalue weighted by atomic mass is 10.1. The SMILES string of the molecule is Cc1ccc(CN(CC(=O)N2CCOCC2)S(=O)(=O)c2ccc(C)cc2)cc1. The Balaban J connectivity index is 1.87. The van der Waals surface area contributed by atoms with E-state index in [0.717, 1.165) is 16.7 Å². The van der Waals surface area contributed by atoms with Crippen molar-refractivity contribution in [2.75, 3.05) is 32.8 Å². The van der Waals surface area contributed by atoms with Gasteiger partial charge in [0.05, 0.1) is 24.7 Å². The van der Waals surface area contributed by atoms with Crippen LogP contribution in [0.1, 0.15) is 16.7 Å². The van der Waals surface area contributed by atoms with Crippen molar-refractivity contribution in [2.45, 2.75) is 25.3 Å². The van der Waals surface area contributed by atoms with Crippen molar-refractivity contribution >= 4 is 15.9 Å². The molecule has 0 N–H and O–H groups in total. The summed E-state index contributed by atoms with van der Waals surface area (Å²) < 4.78 is 33.1. The molecule has 7 heteroatoms. The van der Waals surface area contributed by atoms with E-state index >= 15 is 0 Å². The van der Waals surface area contributed by atoms with Gasteiger partial charge in [0.25, 0.3) is 0 Å². The molecule has 1 heterocycles. The van der Waals surface area contributed by atoms with Crippen LogP contribution in [0.4, 0.5) is 0 Å². The van der Waals surface area contributed by atoms with E-state index in [1.54, 1.807) is 29.2 Å². The number of hydrogen-bond donors (Lipinski definition) is 0. The molecule has 28 heavy (non-hydrogen) atoms. The summed E-state index contributed by atoms with van der Waals surface area (Å²) in [5.41, 5.74) is 2.92. The Morgan fingerprint density at radius 2 is 1.50 bits per heavy atom. The number of nitrogens with zero attached hydrogens (tertiary/aromatic N) is 2. The molecule has 0 radical (unpaired) electrons. The van der Waals surface area contributed by atoms with E-state index in [9.17, 15) is 13.2 Å². The molecule has 0 bridgehead atoms. The molecule has 0 aromatic heterocycles. The lowest BCUT2D eigenvalue weighted by Gasteiger charge is -2.29. The van der Waals surface area contributed by atoms with Gasteiger partial charge in [0, 0.05) is 19.6 Å². The predicted octanol–water partition coefficient (Wildman–Crippen LogP) is 2.35. The molecule has 0 spiro atoms. The minimum Gasteiger partial charge on any atom is -0.378 e. The molecule has 0 atom stereocenters. The van der Waals surface area contributed by atoms with Gasteiger partial charge < -0.3 is 9.64 Å². The number of carbonyl (C=O) groups is 1. The molecule has 3 rings (SSSR count). The zero-order chi connectivity index (χ0) is 20.1. The van der Waals surface area contributed by atoms with E-state index in [0.29, 0.717) is 26.3 Å². The number of morpholine rings is 1. The van der Waals surface area contributed by atoms with Crippen molar-refractivity contribution in [3.63, 3.8) is 0 Å². The van der Waals surface area contributed by atoms with Gasteiger partial charge >= 0.3 is 0 Å². The number of hydrogen-bond acceptors (Lipinski definition) is 4. The number of amides is 1. The van der Waals surface area contributed by atoms with E-state index < -0.39 is 10.0 Å². The van der Waals surface area contributed by atoms with Gasteiger partial charge in [-0.25, -0.2) is 8.42 Å². The third kappa shape index (κ3) is 4.98. The fourth-order valence-electron chi connectivity index (χ4n) is 3.05. The van der Waals surface area contributed by atoms with Gasteiger partial charge in [-0.2, -0.15) is 4.31 Å². The second-order valence-electron chi connectivity index (χ2n) is 7.06. The predicted molar refractivity (Wildman–Crippen MR) is 107 cm³/mol. The van der Waals surface area contributed by atoms with E-state index in [1.807, 2.05) is 38.1 Å². The van der Waals surface area contributed by atoms with Gasteiger partial charge in [-0.3, -0.25) is 4.79 Å². The molecule has 1 amide bonds. The van der Waals surface area contributed by atoms with Gasteiger partial charge in [-0.1, -0.05) is 47.5 Å². The Kier molecular flexibility index (Phi) is 6.49. The molecular formula is C21H26N2O4S. The van der Waals surface area contributed by atoms with Crippen LogP contribution in [0, 0.1) is 13.8 Å². The highest BCUT2D eigenvalue weighted by Gasteiger charge is 2.29. The van der Waals surface area contributed by atoms with Crippen molar-refractivity contribution in [1.82, 2.24) is 9.21 Å². The van der Waals surface area contributed by atoms with Crippen LogP contribution in [0.15, 0.2) is 53.4 Å². The monoisotopic (exact) mass is 402 g/mol. The summed E-state index contributed by atoms with van der Waals surface area (Å²) in [6, 6.07) is 14.4. The Morgan fingerprint density at radius 3 is 2.07 bits per heavy atom. The maximum absolute atomic E-state index is 13.3. The number of aryl methyl sites for hydroxylation is 2. The first-order valence-electron chi connectivity index (χ1n) is 9.34. The maximum atomic E-state index is 13.3. The summed E-state index contributed by atoms with van der Waals surface area (Å²) in [7, 11) is -3.81. The number of ether oxygens (including phenoxy) is 1. The lowest BCUT2D eigenvalue weighted by Crippen LogP contribution is -2.46. The molecule has 150 valence electrons. The first-order chi connectivity index (χ1) is 13.4. The van der Waals surface area contributed by atoms with E-state index in [2.05, 4.69) is 0 Å². The second kappa shape index (κ2) is 8.86. The molecule has 0 saturated carbocycles. The fraction of sp³-hybridized carbons (Fsp3) is 0.381. The Bertz CT molecular complexity index is 902. The standard InChI is InChI=1S/C21H26N2O4S/c1-17-3-7-19(8-4-17)15-23(16-21(24)22-11-13-27-14-12-22)28(25,26)20-9-5-18(2)6-10-20/h3-10H,11-16H2,1-2H3. The summed E-state index contributed by atoms with van der Waals surface area (Å²) >= 11 is 0. The third-order valence-corrected chi connectivity index (χ3v) is 6.62. The van der Waals surface area contributed by atoms with Crippen molar-refractivity contribution < 1.29 is 17.9 Å². The summed E-state index contributed by atoms with van der Waals surface area (Å²) in [6.45, 7) is 5.78. The average Bonchev–Trinajstić information content (AvgIpc) is 2.70. The smallest absolute Gasteiger partial charge is 0.243 e. The number of rotatable bonds is 6. The van der Waals surface area contributed by atoms with Crippen LogP contribution in [-0.4, -0.2) is 56.4 Å². The molecule has 0 aliphatic carbocycles. The molecule has 0 unspecified atom stereocenters. The topological polar surface area (TPSA) is 66.9 Å². The zero-order valence-corrected chi connectivity index (χ0v) is 17.1. The molecular weight excluding hydrogens is 376 g/mol. The third-order valence-electron chi connectivity index (χ3n) is 4.81. The molecule has 2 aromatic carbocycles. The minimum atomic E-state index is -3.81. The summed E-state index contributed by atoms with van der Waals surface area (Å²) in [6.07, 6.45) is 0. The van der Waals surface area contributed by atoms with Crippen LogP contribution in [0.2, 0.25) is 0 Å². The minimum absolute atomic E-state index is 0.145. The highest BCUT2D eigenvalue weighted by Crippen LogP contribution is 2.20. The van der Waals surface area contributed by atoms with Crippen molar-refractivity contribution in [1.29, 1.82) is 0 Å². The highest BCUT2D eigenvalue weighted by atomic mass is 32.2. The summed E-state index contributed by atoms with van der Waals surface area (Å²) in [5, 5.41) is 0. The normalized spacial score (nSPS) is 15.0. The van der Waals surface area contributed by atoms with Crippen molar-refractivity contribution in [2.24, 2.45) is 0 Å². The lowest BCUT2D eigenvalue weighted by molar-refractivity contribution is -0.135. The number of carbonyl (C=O) groups excluding carboxylic acids is 1. The van der Waals surface area contributed by atoms with Crippen LogP contribution >= 0.6 is 0 Å². The van der Waals surface area contributed by atoms with Gasteiger partial charge in [-0.15, -0.1) is 0 Å². The van der Waals surface area contributed by atoms with Gasteiger partial charge in [-0.05, 0) is 31.5 Å². The Labute approximate surface area is 166 Å². The van der Waals surface area contributed by atoms with Crippen LogP contribution in [0.5, 0.6) is 0 Å². The zero-order valence-electron chi connectivity index (χ0n) is 16.3. The van der Waals surface area contributed by atoms with E-state index in [1.165, 1.54) is 4.31 Å². The number of sulfonamides is 1. The Hall–Kier alpha value is -2.22.